The van der Waals surface area contributed by atoms with Crippen molar-refractivity contribution in [1.29, 1.82) is 0 Å². The second kappa shape index (κ2) is 9.01. The van der Waals surface area contributed by atoms with Crippen LogP contribution in [-0.4, -0.2) is 23.1 Å². The molecule has 0 aliphatic rings. The Bertz CT molecular complexity index is 964. The highest BCUT2D eigenvalue weighted by Crippen LogP contribution is 2.42. The predicted octanol–water partition coefficient (Wildman–Crippen LogP) is 7.56. The third-order valence-corrected chi connectivity index (χ3v) is 6.19. The molecule has 3 aromatic rings. The number of anilines is 1. The largest absolute Gasteiger partial charge is 0.355 e. The van der Waals surface area contributed by atoms with Gasteiger partial charge in [-0.25, -0.2) is 4.98 Å². The molecule has 0 fully saturated rings. The zero-order chi connectivity index (χ0) is 21.3. The van der Waals surface area contributed by atoms with E-state index >= 15 is 0 Å². The Morgan fingerprint density at radius 3 is 2.03 bits per heavy atom. The van der Waals surface area contributed by atoms with Gasteiger partial charge in [0, 0.05) is 23.5 Å². The molecule has 3 nitrogen and oxygen atoms in total. The van der Waals surface area contributed by atoms with Crippen molar-refractivity contribution < 1.29 is 0 Å². The molecule has 0 bridgehead atoms. The van der Waals surface area contributed by atoms with Crippen LogP contribution in [0.25, 0.3) is 21.3 Å². The molecule has 2 aromatic heterocycles. The number of nitrogens with zero attached hydrogens (tertiary/aromatic N) is 3. The number of benzene rings is 1. The standard InChI is InChI=1S/C24H32ClN3S/c1-14(2)12-28(13-15(3)4)22-21-20(17(7)29-23(21)27-24(25)26-22)19-10-8-18(9-11-19)16(5)6/h8-11,14-16H,12-13H2,1-7H3. The molecular weight excluding hydrogens is 398 g/mol. The van der Waals surface area contributed by atoms with Crippen LogP contribution in [0, 0.1) is 18.8 Å². The molecule has 156 valence electrons. The molecule has 0 spiro atoms. The zero-order valence-corrected chi connectivity index (χ0v) is 20.2. The third-order valence-electron chi connectivity index (χ3n) is 5.02. The van der Waals surface area contributed by atoms with Crippen LogP contribution < -0.4 is 4.90 Å². The van der Waals surface area contributed by atoms with E-state index in [1.165, 1.54) is 21.6 Å². The summed E-state index contributed by atoms with van der Waals surface area (Å²) in [5.41, 5.74) is 3.82. The van der Waals surface area contributed by atoms with Gasteiger partial charge in [0.2, 0.25) is 5.28 Å². The highest BCUT2D eigenvalue weighted by Gasteiger charge is 2.23. The van der Waals surface area contributed by atoms with Gasteiger partial charge in [-0.05, 0) is 47.4 Å². The molecule has 0 unspecified atom stereocenters. The van der Waals surface area contributed by atoms with Crippen LogP contribution in [0.1, 0.15) is 57.9 Å². The van der Waals surface area contributed by atoms with Crippen molar-refractivity contribution in [2.45, 2.75) is 54.4 Å². The summed E-state index contributed by atoms with van der Waals surface area (Å²) in [6, 6.07) is 8.94. The molecular formula is C24H32ClN3S. The lowest BCUT2D eigenvalue weighted by atomic mass is 9.97. The summed E-state index contributed by atoms with van der Waals surface area (Å²) in [6.45, 7) is 17.5. The van der Waals surface area contributed by atoms with E-state index in [9.17, 15) is 0 Å². The maximum Gasteiger partial charge on any atom is 0.225 e. The first-order valence-electron chi connectivity index (χ1n) is 10.5. The maximum absolute atomic E-state index is 6.36. The predicted molar refractivity (Wildman–Crippen MR) is 129 cm³/mol. The van der Waals surface area contributed by atoms with Gasteiger partial charge < -0.3 is 4.90 Å². The molecule has 0 saturated heterocycles. The lowest BCUT2D eigenvalue weighted by Gasteiger charge is -2.28. The van der Waals surface area contributed by atoms with E-state index < -0.39 is 0 Å². The van der Waals surface area contributed by atoms with E-state index in [1.807, 2.05) is 0 Å². The molecule has 0 aliphatic heterocycles. The topological polar surface area (TPSA) is 29.0 Å². The fraction of sp³-hybridized carbons (Fsp3) is 0.500. The van der Waals surface area contributed by atoms with Gasteiger partial charge in [-0.3, -0.25) is 0 Å². The molecule has 0 N–H and O–H groups in total. The monoisotopic (exact) mass is 429 g/mol. The average molecular weight is 430 g/mol. The lowest BCUT2D eigenvalue weighted by Crippen LogP contribution is -2.32. The molecule has 1 aromatic carbocycles. The molecule has 29 heavy (non-hydrogen) atoms. The highest BCUT2D eigenvalue weighted by molar-refractivity contribution is 7.19. The molecule has 3 rings (SSSR count). The van der Waals surface area contributed by atoms with E-state index in [1.54, 1.807) is 11.3 Å². The first-order valence-corrected chi connectivity index (χ1v) is 11.7. The summed E-state index contributed by atoms with van der Waals surface area (Å²) in [4.78, 5) is 13.9. The van der Waals surface area contributed by atoms with Crippen molar-refractivity contribution in [2.75, 3.05) is 18.0 Å². The van der Waals surface area contributed by atoms with E-state index in [-0.39, 0.29) is 0 Å². The van der Waals surface area contributed by atoms with Crippen molar-refractivity contribution in [2.24, 2.45) is 11.8 Å². The minimum atomic E-state index is 0.327. The van der Waals surface area contributed by atoms with Gasteiger partial charge in [-0.1, -0.05) is 65.8 Å². The average Bonchev–Trinajstić information content (AvgIpc) is 2.95. The first-order chi connectivity index (χ1) is 13.7. The van der Waals surface area contributed by atoms with Crippen molar-refractivity contribution in [3.63, 3.8) is 0 Å². The second-order valence-electron chi connectivity index (χ2n) is 9.00. The van der Waals surface area contributed by atoms with Crippen LogP contribution in [0.15, 0.2) is 24.3 Å². The molecule has 2 heterocycles. The van der Waals surface area contributed by atoms with Crippen LogP contribution in [0.2, 0.25) is 5.28 Å². The smallest absolute Gasteiger partial charge is 0.225 e. The fourth-order valence-electron chi connectivity index (χ4n) is 3.81. The minimum absolute atomic E-state index is 0.327. The highest BCUT2D eigenvalue weighted by atomic mass is 35.5. The van der Waals surface area contributed by atoms with Crippen LogP contribution in [0.5, 0.6) is 0 Å². The number of aryl methyl sites for hydroxylation is 1. The summed E-state index contributed by atoms with van der Waals surface area (Å²) >= 11 is 8.07. The summed E-state index contributed by atoms with van der Waals surface area (Å²) in [5.74, 6) is 2.56. The zero-order valence-electron chi connectivity index (χ0n) is 18.6. The Morgan fingerprint density at radius 1 is 0.931 bits per heavy atom. The van der Waals surface area contributed by atoms with E-state index in [2.05, 4.69) is 82.6 Å². The van der Waals surface area contributed by atoms with Gasteiger partial charge in [0.05, 0.1) is 5.39 Å². The van der Waals surface area contributed by atoms with Crippen molar-refractivity contribution in [1.82, 2.24) is 9.97 Å². The number of hydrogen-bond donors (Lipinski definition) is 0. The fourth-order valence-corrected chi connectivity index (χ4v) is 5.06. The van der Waals surface area contributed by atoms with Crippen molar-refractivity contribution in [3.8, 4) is 11.1 Å². The Kier molecular flexibility index (Phi) is 6.85. The Hall–Kier alpha value is -1.65. The van der Waals surface area contributed by atoms with Crippen LogP contribution in [-0.2, 0) is 0 Å². The number of fused-ring (bicyclic) bond motifs is 1. The third kappa shape index (κ3) is 4.92. The van der Waals surface area contributed by atoms with Gasteiger partial charge in [0.15, 0.2) is 0 Å². The molecule has 0 atom stereocenters. The Labute approximate surface area is 184 Å². The van der Waals surface area contributed by atoms with Crippen molar-refractivity contribution in [3.05, 3.63) is 40.0 Å². The quantitative estimate of drug-likeness (QED) is 0.362. The second-order valence-corrected chi connectivity index (χ2v) is 10.5. The van der Waals surface area contributed by atoms with E-state index in [4.69, 9.17) is 16.6 Å². The van der Waals surface area contributed by atoms with Crippen LogP contribution >= 0.6 is 22.9 Å². The molecule has 0 amide bonds. The molecule has 0 aliphatic carbocycles. The SMILES string of the molecule is Cc1sc2nc(Cl)nc(N(CC(C)C)CC(C)C)c2c1-c1ccc(C(C)C)cc1. The summed E-state index contributed by atoms with van der Waals surface area (Å²) in [6.07, 6.45) is 0. The van der Waals surface area contributed by atoms with E-state index in [0.717, 1.165) is 29.1 Å². The number of aromatic nitrogens is 2. The Morgan fingerprint density at radius 2 is 1.52 bits per heavy atom. The molecule has 5 heteroatoms. The van der Waals surface area contributed by atoms with Gasteiger partial charge in [0.25, 0.3) is 0 Å². The molecule has 0 radical (unpaired) electrons. The number of hydrogen-bond acceptors (Lipinski definition) is 4. The first kappa shape index (κ1) is 22.0. The minimum Gasteiger partial charge on any atom is -0.355 e. The molecule has 0 saturated carbocycles. The summed E-state index contributed by atoms with van der Waals surface area (Å²) in [7, 11) is 0. The number of rotatable bonds is 7. The van der Waals surface area contributed by atoms with Crippen LogP contribution in [0.4, 0.5) is 5.82 Å². The van der Waals surface area contributed by atoms with Crippen molar-refractivity contribution >= 4 is 39.0 Å². The van der Waals surface area contributed by atoms with E-state index in [0.29, 0.717) is 23.0 Å². The van der Waals surface area contributed by atoms with Crippen LogP contribution in [0.3, 0.4) is 0 Å². The number of thiophene rings is 1. The Balaban J connectivity index is 2.22. The lowest BCUT2D eigenvalue weighted by molar-refractivity contribution is 0.550. The van der Waals surface area contributed by atoms with Gasteiger partial charge in [-0.2, -0.15) is 4.98 Å². The van der Waals surface area contributed by atoms with Gasteiger partial charge in [0.1, 0.15) is 10.6 Å². The maximum atomic E-state index is 6.36. The number of halogens is 1. The normalized spacial score (nSPS) is 12.0. The van der Waals surface area contributed by atoms with Gasteiger partial charge >= 0.3 is 0 Å². The summed E-state index contributed by atoms with van der Waals surface area (Å²) < 4.78 is 0. The summed E-state index contributed by atoms with van der Waals surface area (Å²) in [5, 5.41) is 1.46. The van der Waals surface area contributed by atoms with Gasteiger partial charge in [-0.15, -0.1) is 11.3 Å².